The smallest absolute Gasteiger partial charge is 0.107 e. The Morgan fingerprint density at radius 1 is 1.19 bits per heavy atom. The van der Waals surface area contributed by atoms with Crippen LogP contribution in [0.3, 0.4) is 0 Å². The molecule has 2 aromatic heterocycles. The zero-order valence-electron chi connectivity index (χ0n) is 11.2. The van der Waals surface area contributed by atoms with Gasteiger partial charge >= 0.3 is 0 Å². The molecule has 0 bridgehead atoms. The van der Waals surface area contributed by atoms with E-state index in [1.54, 1.807) is 12.4 Å². The standard InChI is InChI=1S/C15H13N5S/c16-15(21)12-9-17-13-6-2-1-5-11(13)14(12)18-8-10-4-3-7-19-20-10/h1-7,9H,8H2,(H2,16,21)(H,17,18). The van der Waals surface area contributed by atoms with Gasteiger partial charge in [-0.05, 0) is 18.2 Å². The van der Waals surface area contributed by atoms with Crippen LogP contribution in [0, 0.1) is 0 Å². The summed E-state index contributed by atoms with van der Waals surface area (Å²) in [6, 6.07) is 11.6. The van der Waals surface area contributed by atoms with Gasteiger partial charge in [0.2, 0.25) is 0 Å². The van der Waals surface area contributed by atoms with E-state index < -0.39 is 0 Å². The van der Waals surface area contributed by atoms with Crippen LogP contribution in [-0.4, -0.2) is 20.2 Å². The first-order valence-corrected chi connectivity index (χ1v) is 6.84. The van der Waals surface area contributed by atoms with Crippen molar-refractivity contribution in [2.24, 2.45) is 5.73 Å². The number of para-hydroxylation sites is 1. The highest BCUT2D eigenvalue weighted by Gasteiger charge is 2.10. The van der Waals surface area contributed by atoms with Crippen molar-refractivity contribution in [2.75, 3.05) is 5.32 Å². The van der Waals surface area contributed by atoms with Gasteiger partial charge in [0, 0.05) is 17.8 Å². The molecule has 0 amide bonds. The van der Waals surface area contributed by atoms with E-state index in [4.69, 9.17) is 18.0 Å². The van der Waals surface area contributed by atoms with Crippen molar-refractivity contribution in [3.05, 3.63) is 60.0 Å². The molecule has 0 aliphatic rings. The highest BCUT2D eigenvalue weighted by Crippen LogP contribution is 2.26. The van der Waals surface area contributed by atoms with E-state index in [-0.39, 0.29) is 0 Å². The van der Waals surface area contributed by atoms with E-state index in [1.165, 1.54) is 0 Å². The lowest BCUT2D eigenvalue weighted by Crippen LogP contribution is -2.14. The van der Waals surface area contributed by atoms with Crippen molar-refractivity contribution < 1.29 is 0 Å². The highest BCUT2D eigenvalue weighted by molar-refractivity contribution is 7.80. The number of pyridine rings is 1. The Hall–Kier alpha value is -2.60. The van der Waals surface area contributed by atoms with E-state index >= 15 is 0 Å². The summed E-state index contributed by atoms with van der Waals surface area (Å²) >= 11 is 5.11. The quantitative estimate of drug-likeness (QED) is 0.719. The predicted octanol–water partition coefficient (Wildman–Crippen LogP) is 2.27. The largest absolute Gasteiger partial charge is 0.389 e. The third kappa shape index (κ3) is 2.80. The monoisotopic (exact) mass is 295 g/mol. The first-order chi connectivity index (χ1) is 10.3. The summed E-state index contributed by atoms with van der Waals surface area (Å²) in [6.45, 7) is 0.539. The fraction of sp³-hybridized carbons (Fsp3) is 0.0667. The Balaban J connectivity index is 2.02. The molecule has 1 aromatic carbocycles. The van der Waals surface area contributed by atoms with Crippen LogP contribution in [0.25, 0.3) is 10.9 Å². The SMILES string of the molecule is NC(=S)c1cnc2ccccc2c1NCc1cccnn1. The van der Waals surface area contributed by atoms with Crippen LogP contribution >= 0.6 is 12.2 Å². The van der Waals surface area contributed by atoms with Gasteiger partial charge in [-0.3, -0.25) is 4.98 Å². The molecule has 0 spiro atoms. The molecule has 21 heavy (non-hydrogen) atoms. The maximum atomic E-state index is 5.80. The Kier molecular flexibility index (Phi) is 3.70. The second kappa shape index (κ2) is 5.80. The van der Waals surface area contributed by atoms with Crippen LogP contribution < -0.4 is 11.1 Å². The van der Waals surface area contributed by atoms with Crippen LogP contribution in [0.2, 0.25) is 0 Å². The molecule has 0 aliphatic carbocycles. The Labute approximate surface area is 127 Å². The molecule has 0 atom stereocenters. The number of rotatable bonds is 4. The second-order valence-electron chi connectivity index (χ2n) is 4.50. The van der Waals surface area contributed by atoms with Gasteiger partial charge in [0.1, 0.15) is 4.99 Å². The zero-order valence-corrected chi connectivity index (χ0v) is 12.0. The van der Waals surface area contributed by atoms with Crippen LogP contribution in [0.5, 0.6) is 0 Å². The van der Waals surface area contributed by atoms with Gasteiger partial charge in [0.25, 0.3) is 0 Å². The number of anilines is 1. The van der Waals surface area contributed by atoms with Crippen LogP contribution in [0.1, 0.15) is 11.3 Å². The molecule has 0 aliphatic heterocycles. The third-order valence-electron chi connectivity index (χ3n) is 3.11. The number of benzene rings is 1. The molecule has 0 saturated carbocycles. The first-order valence-electron chi connectivity index (χ1n) is 6.43. The van der Waals surface area contributed by atoms with Crippen molar-refractivity contribution in [1.82, 2.24) is 15.2 Å². The minimum atomic E-state index is 0.315. The maximum Gasteiger partial charge on any atom is 0.107 e. The van der Waals surface area contributed by atoms with Gasteiger partial charge in [-0.15, -0.1) is 0 Å². The van der Waals surface area contributed by atoms with Crippen molar-refractivity contribution in [2.45, 2.75) is 6.54 Å². The van der Waals surface area contributed by atoms with Crippen LogP contribution in [-0.2, 0) is 6.54 Å². The minimum absolute atomic E-state index is 0.315. The summed E-state index contributed by atoms with van der Waals surface area (Å²) in [5.41, 5.74) is 9.13. The second-order valence-corrected chi connectivity index (χ2v) is 4.94. The Morgan fingerprint density at radius 3 is 2.81 bits per heavy atom. The van der Waals surface area contributed by atoms with Gasteiger partial charge in [0.15, 0.2) is 0 Å². The van der Waals surface area contributed by atoms with E-state index in [9.17, 15) is 0 Å². The number of hydrogen-bond acceptors (Lipinski definition) is 5. The Bertz CT molecular complexity index is 788. The Morgan fingerprint density at radius 2 is 2.05 bits per heavy atom. The number of nitrogens with two attached hydrogens (primary N) is 1. The molecule has 2 heterocycles. The van der Waals surface area contributed by atoms with Crippen LogP contribution in [0.4, 0.5) is 5.69 Å². The number of thiocarbonyl (C=S) groups is 1. The fourth-order valence-corrected chi connectivity index (χ4v) is 2.28. The molecule has 3 rings (SSSR count). The molecule has 3 N–H and O–H groups in total. The van der Waals surface area contributed by atoms with Crippen molar-refractivity contribution >= 4 is 33.8 Å². The van der Waals surface area contributed by atoms with Gasteiger partial charge < -0.3 is 11.1 Å². The maximum absolute atomic E-state index is 5.80. The number of nitrogens with zero attached hydrogens (tertiary/aromatic N) is 3. The van der Waals surface area contributed by atoms with Crippen molar-refractivity contribution in [3.63, 3.8) is 0 Å². The molecule has 0 unspecified atom stereocenters. The van der Waals surface area contributed by atoms with Crippen molar-refractivity contribution in [1.29, 1.82) is 0 Å². The molecule has 104 valence electrons. The highest BCUT2D eigenvalue weighted by atomic mass is 32.1. The number of fused-ring (bicyclic) bond motifs is 1. The first kappa shape index (κ1) is 13.4. The molecular formula is C15H13N5S. The summed E-state index contributed by atoms with van der Waals surface area (Å²) in [4.78, 5) is 4.70. The van der Waals surface area contributed by atoms with Gasteiger partial charge in [-0.1, -0.05) is 30.4 Å². The molecule has 0 saturated heterocycles. The van der Waals surface area contributed by atoms with Gasteiger partial charge in [-0.2, -0.15) is 10.2 Å². The lowest BCUT2D eigenvalue weighted by molar-refractivity contribution is 0.925. The summed E-state index contributed by atoms with van der Waals surface area (Å²) in [5.74, 6) is 0. The lowest BCUT2D eigenvalue weighted by atomic mass is 10.1. The molecule has 5 nitrogen and oxygen atoms in total. The fourth-order valence-electron chi connectivity index (χ4n) is 2.13. The lowest BCUT2D eigenvalue weighted by Gasteiger charge is -2.13. The van der Waals surface area contributed by atoms with Crippen molar-refractivity contribution in [3.8, 4) is 0 Å². The minimum Gasteiger partial charge on any atom is -0.389 e. The molecule has 6 heteroatoms. The molecule has 0 radical (unpaired) electrons. The summed E-state index contributed by atoms with van der Waals surface area (Å²) in [7, 11) is 0. The third-order valence-corrected chi connectivity index (χ3v) is 3.33. The number of nitrogens with one attached hydrogen (secondary N) is 1. The average Bonchev–Trinajstić information content (AvgIpc) is 2.53. The predicted molar refractivity (Wildman–Crippen MR) is 87.0 cm³/mol. The van der Waals surface area contributed by atoms with Gasteiger partial charge in [0.05, 0.1) is 29.0 Å². The normalized spacial score (nSPS) is 10.5. The average molecular weight is 295 g/mol. The van der Waals surface area contributed by atoms with E-state index in [0.717, 1.165) is 27.8 Å². The van der Waals surface area contributed by atoms with E-state index in [0.29, 0.717) is 11.5 Å². The summed E-state index contributed by atoms with van der Waals surface area (Å²) < 4.78 is 0. The van der Waals surface area contributed by atoms with E-state index in [1.807, 2.05) is 36.4 Å². The number of aromatic nitrogens is 3. The molecule has 3 aromatic rings. The molecular weight excluding hydrogens is 282 g/mol. The topological polar surface area (TPSA) is 76.7 Å². The zero-order chi connectivity index (χ0) is 14.7. The summed E-state index contributed by atoms with van der Waals surface area (Å²) in [5, 5.41) is 12.2. The van der Waals surface area contributed by atoms with E-state index in [2.05, 4.69) is 20.5 Å². The number of hydrogen-bond donors (Lipinski definition) is 2. The molecule has 0 fully saturated rings. The van der Waals surface area contributed by atoms with Crippen LogP contribution in [0.15, 0.2) is 48.8 Å². The summed E-state index contributed by atoms with van der Waals surface area (Å²) in [6.07, 6.45) is 3.34. The van der Waals surface area contributed by atoms with Gasteiger partial charge in [-0.25, -0.2) is 0 Å².